The smallest absolute Gasteiger partial charge is 0 e. The Hall–Kier alpha value is 1.28. The van der Waals surface area contributed by atoms with Crippen molar-refractivity contribution in [3.8, 4) is 0 Å². The van der Waals surface area contributed by atoms with Crippen LogP contribution >= 0.6 is 0 Å². The molecule has 0 atom stereocenters. The molecule has 0 spiro atoms. The van der Waals surface area contributed by atoms with Crippen LogP contribution in [0.4, 0.5) is 0 Å². The van der Waals surface area contributed by atoms with Crippen molar-refractivity contribution < 1.29 is 46.3 Å². The van der Waals surface area contributed by atoms with Crippen molar-refractivity contribution in [3.05, 3.63) is 0 Å². The number of hydrogen-bond acceptors (Lipinski definition) is 0. The minimum atomic E-state index is 0. The summed E-state index contributed by atoms with van der Waals surface area (Å²) in [6.07, 6.45) is 0. The first-order valence-corrected chi connectivity index (χ1v) is 0. The molecule has 0 radical (unpaired) electrons. The predicted octanol–water partition coefficient (Wildman–Crippen LogP) is -0.194. The Morgan fingerprint density at radius 2 is 0.750 bits per heavy atom. The molecule has 4 heavy (non-hydrogen) atoms. The molecule has 0 aliphatic rings. The third-order valence-corrected chi connectivity index (χ3v) is 0. The van der Waals surface area contributed by atoms with Gasteiger partial charge < -0.3 is 5.48 Å². The monoisotopic (exact) mass is 246 g/mol. The summed E-state index contributed by atoms with van der Waals surface area (Å²) >= 11 is 0. The Morgan fingerprint density at radius 1 is 0.750 bits per heavy atom. The van der Waals surface area contributed by atoms with E-state index >= 15 is 0 Å². The molecule has 0 saturated heterocycles. The van der Waals surface area contributed by atoms with Crippen LogP contribution in [0.2, 0.25) is 0 Å². The van der Waals surface area contributed by atoms with Crippen molar-refractivity contribution in [2.45, 2.75) is 7.43 Å². The average molecular weight is 247 g/mol. The van der Waals surface area contributed by atoms with Crippen molar-refractivity contribution in [1.29, 1.82) is 0 Å². The van der Waals surface area contributed by atoms with Crippen molar-refractivity contribution in [2.24, 2.45) is 0 Å². The van der Waals surface area contributed by atoms with Crippen LogP contribution in [-0.2, 0) is 40.8 Å². The standard InChI is InChI=1S/CH4.H2O.2Pd/h1H4;1H2;;. The van der Waals surface area contributed by atoms with Crippen molar-refractivity contribution in [2.75, 3.05) is 0 Å². The number of hydrogen-bond donors (Lipinski definition) is 0. The molecule has 0 rings (SSSR count). The molecule has 0 unspecified atom stereocenters. The summed E-state index contributed by atoms with van der Waals surface area (Å²) in [6, 6.07) is 0. The summed E-state index contributed by atoms with van der Waals surface area (Å²) in [6.45, 7) is 0. The van der Waals surface area contributed by atoms with Gasteiger partial charge in [-0.2, -0.15) is 0 Å². The average Bonchev–Trinajstić information content (AvgIpc) is 0. The fraction of sp³-hybridized carbons (Fsp3) is 1.00. The summed E-state index contributed by atoms with van der Waals surface area (Å²) in [5, 5.41) is 0. The van der Waals surface area contributed by atoms with Crippen LogP contribution in [0.3, 0.4) is 0 Å². The zero-order chi connectivity index (χ0) is 0. The summed E-state index contributed by atoms with van der Waals surface area (Å²) in [5.74, 6) is 0. The Labute approximate surface area is 53.8 Å². The van der Waals surface area contributed by atoms with Gasteiger partial charge in [0.15, 0.2) is 0 Å². The van der Waals surface area contributed by atoms with E-state index in [0.717, 1.165) is 0 Å². The van der Waals surface area contributed by atoms with Crippen LogP contribution < -0.4 is 0 Å². The van der Waals surface area contributed by atoms with Gasteiger partial charge in [-0.25, -0.2) is 0 Å². The van der Waals surface area contributed by atoms with Gasteiger partial charge in [-0.1, -0.05) is 7.43 Å². The van der Waals surface area contributed by atoms with Gasteiger partial charge in [0.05, 0.1) is 0 Å². The molecule has 0 amide bonds. The minimum absolute atomic E-state index is 0. The van der Waals surface area contributed by atoms with Gasteiger partial charge in [0.25, 0.3) is 0 Å². The zero-order valence-electron chi connectivity index (χ0n) is 1.13. The first-order chi connectivity index (χ1) is 0. The molecule has 2 N–H and O–H groups in total. The van der Waals surface area contributed by atoms with E-state index < -0.39 is 0 Å². The van der Waals surface area contributed by atoms with Gasteiger partial charge in [-0.15, -0.1) is 0 Å². The van der Waals surface area contributed by atoms with E-state index in [-0.39, 0.29) is 53.7 Å². The van der Waals surface area contributed by atoms with Crippen molar-refractivity contribution in [1.82, 2.24) is 0 Å². The molecule has 0 fully saturated rings. The molecule has 1 nitrogen and oxygen atoms in total. The van der Waals surface area contributed by atoms with Crippen LogP contribution in [0, 0.1) is 0 Å². The van der Waals surface area contributed by atoms with Crippen LogP contribution in [0.1, 0.15) is 7.43 Å². The van der Waals surface area contributed by atoms with E-state index in [4.69, 9.17) is 0 Å². The maximum atomic E-state index is 0. The zero-order valence-corrected chi connectivity index (χ0v) is 4.24. The molecule has 0 saturated carbocycles. The Morgan fingerprint density at radius 3 is 0.750 bits per heavy atom. The Bertz CT molecular complexity index is 6.00. The van der Waals surface area contributed by atoms with Gasteiger partial charge in [0, 0.05) is 40.8 Å². The molecule has 0 aliphatic heterocycles. The van der Waals surface area contributed by atoms with Gasteiger partial charge in [0.2, 0.25) is 0 Å². The summed E-state index contributed by atoms with van der Waals surface area (Å²) in [4.78, 5) is 0. The first-order valence-electron chi connectivity index (χ1n) is 0. The van der Waals surface area contributed by atoms with E-state index in [9.17, 15) is 0 Å². The largest absolute Gasteiger partial charge is 0.412 e. The predicted molar refractivity (Wildman–Crippen MR) is 10.3 cm³/mol. The molecule has 3 heteroatoms. The molecule has 0 aromatic rings. The van der Waals surface area contributed by atoms with Crippen molar-refractivity contribution in [3.63, 3.8) is 0 Å². The van der Waals surface area contributed by atoms with E-state index in [0.29, 0.717) is 0 Å². The topological polar surface area (TPSA) is 31.5 Å². The fourth-order valence-electron chi connectivity index (χ4n) is 0. The summed E-state index contributed by atoms with van der Waals surface area (Å²) < 4.78 is 0. The van der Waals surface area contributed by atoms with Crippen LogP contribution in [0.5, 0.6) is 0 Å². The van der Waals surface area contributed by atoms with E-state index in [1.54, 1.807) is 0 Å². The van der Waals surface area contributed by atoms with Crippen LogP contribution in [0.25, 0.3) is 0 Å². The Balaban J connectivity index is 0. The minimum Gasteiger partial charge on any atom is -0.412 e. The SMILES string of the molecule is C.O.[Pd].[Pd]. The van der Waals surface area contributed by atoms with Crippen LogP contribution in [-0.4, -0.2) is 5.48 Å². The molecule has 36 valence electrons. The van der Waals surface area contributed by atoms with E-state index in [2.05, 4.69) is 0 Å². The van der Waals surface area contributed by atoms with Gasteiger partial charge in [-0.05, 0) is 0 Å². The second kappa shape index (κ2) is 28.0. The molecule has 0 aliphatic carbocycles. The maximum absolute atomic E-state index is 0. The van der Waals surface area contributed by atoms with Crippen molar-refractivity contribution >= 4 is 0 Å². The molecule has 0 aromatic carbocycles. The van der Waals surface area contributed by atoms with Gasteiger partial charge in [-0.3, -0.25) is 0 Å². The second-order valence-corrected chi connectivity index (χ2v) is 0. The molecular weight excluding hydrogens is 241 g/mol. The molecular formula is CH6OPd2. The van der Waals surface area contributed by atoms with Gasteiger partial charge in [0.1, 0.15) is 0 Å². The fourth-order valence-corrected chi connectivity index (χ4v) is 0. The van der Waals surface area contributed by atoms with E-state index in [1.807, 2.05) is 0 Å². The maximum Gasteiger partial charge on any atom is 0 e. The van der Waals surface area contributed by atoms with E-state index in [1.165, 1.54) is 0 Å². The quantitative estimate of drug-likeness (QED) is 0.531. The normalized spacial score (nSPS) is 0. The van der Waals surface area contributed by atoms with Gasteiger partial charge >= 0.3 is 0 Å². The third kappa shape index (κ3) is 10.4. The molecule has 0 bridgehead atoms. The Kier molecular flexibility index (Phi) is 412. The number of rotatable bonds is 0. The third-order valence-electron chi connectivity index (χ3n) is 0. The summed E-state index contributed by atoms with van der Waals surface area (Å²) in [5.41, 5.74) is 0. The molecule has 0 aromatic heterocycles. The molecule has 0 heterocycles. The first kappa shape index (κ1) is 58.8. The summed E-state index contributed by atoms with van der Waals surface area (Å²) in [7, 11) is 0. The second-order valence-electron chi connectivity index (χ2n) is 0. The van der Waals surface area contributed by atoms with Crippen LogP contribution in [0.15, 0.2) is 0 Å².